The first kappa shape index (κ1) is 16.3. The van der Waals surface area contributed by atoms with Crippen molar-refractivity contribution in [2.45, 2.75) is 12.5 Å². The van der Waals surface area contributed by atoms with Gasteiger partial charge in [0.25, 0.3) is 0 Å². The van der Waals surface area contributed by atoms with Crippen molar-refractivity contribution in [3.05, 3.63) is 60.2 Å². The fourth-order valence-electron chi connectivity index (χ4n) is 2.63. The third-order valence-electron chi connectivity index (χ3n) is 3.77. The molecule has 126 valence electrons. The molecule has 1 amide bonds. The predicted molar refractivity (Wildman–Crippen MR) is 90.2 cm³/mol. The van der Waals surface area contributed by atoms with Crippen LogP contribution in [0.3, 0.4) is 0 Å². The normalized spacial score (nSPS) is 15.9. The second-order valence-electron chi connectivity index (χ2n) is 5.51. The monoisotopic (exact) mass is 327 g/mol. The summed E-state index contributed by atoms with van der Waals surface area (Å²) in [5.74, 6) is 1.51. The predicted octanol–water partition coefficient (Wildman–Crippen LogP) is 2.72. The molecule has 1 atom stereocenters. The molecule has 2 aromatic rings. The van der Waals surface area contributed by atoms with E-state index in [0.29, 0.717) is 19.8 Å². The van der Waals surface area contributed by atoms with E-state index in [4.69, 9.17) is 14.2 Å². The molecule has 0 saturated carbocycles. The molecule has 3 rings (SSSR count). The van der Waals surface area contributed by atoms with E-state index in [-0.39, 0.29) is 18.6 Å². The molecule has 0 saturated heterocycles. The van der Waals surface area contributed by atoms with Crippen LogP contribution in [-0.2, 0) is 9.53 Å². The number of benzene rings is 2. The molecule has 5 heteroatoms. The van der Waals surface area contributed by atoms with Crippen molar-refractivity contribution in [1.82, 2.24) is 5.32 Å². The van der Waals surface area contributed by atoms with Crippen LogP contribution < -0.4 is 14.8 Å². The summed E-state index contributed by atoms with van der Waals surface area (Å²) in [5, 5.41) is 3.00. The molecule has 0 aromatic heterocycles. The maximum absolute atomic E-state index is 12.0. The fraction of sp³-hybridized carbons (Fsp3) is 0.316. The quantitative estimate of drug-likeness (QED) is 0.795. The topological polar surface area (TPSA) is 56.8 Å². The van der Waals surface area contributed by atoms with E-state index in [0.717, 1.165) is 23.5 Å². The van der Waals surface area contributed by atoms with Crippen molar-refractivity contribution in [1.29, 1.82) is 0 Å². The van der Waals surface area contributed by atoms with Gasteiger partial charge in [0.15, 0.2) is 0 Å². The van der Waals surface area contributed by atoms with Crippen molar-refractivity contribution < 1.29 is 19.0 Å². The SMILES string of the molecule is O=C(COCCOc1ccccc1)NC1CCOc2ccccc21. The van der Waals surface area contributed by atoms with Crippen LogP contribution in [0, 0.1) is 0 Å². The summed E-state index contributed by atoms with van der Waals surface area (Å²) in [6, 6.07) is 17.3. The largest absolute Gasteiger partial charge is 0.493 e. The molecule has 1 N–H and O–H groups in total. The highest BCUT2D eigenvalue weighted by molar-refractivity contribution is 5.77. The summed E-state index contributed by atoms with van der Waals surface area (Å²) in [6.45, 7) is 1.41. The van der Waals surface area contributed by atoms with Crippen LogP contribution in [0.4, 0.5) is 0 Å². The maximum atomic E-state index is 12.0. The Labute approximate surface area is 141 Å². The number of amides is 1. The smallest absolute Gasteiger partial charge is 0.246 e. The van der Waals surface area contributed by atoms with E-state index in [1.807, 2.05) is 54.6 Å². The molecule has 5 nitrogen and oxygen atoms in total. The van der Waals surface area contributed by atoms with Gasteiger partial charge in [-0.25, -0.2) is 0 Å². The highest BCUT2D eigenvalue weighted by Crippen LogP contribution is 2.31. The molecule has 0 fully saturated rings. The van der Waals surface area contributed by atoms with Crippen LogP contribution in [0.15, 0.2) is 54.6 Å². The van der Waals surface area contributed by atoms with Crippen LogP contribution >= 0.6 is 0 Å². The molecule has 1 aliphatic heterocycles. The Balaban J connectivity index is 1.37. The molecule has 0 spiro atoms. The minimum absolute atomic E-state index is 0.0216. The molecule has 0 aliphatic carbocycles. The summed E-state index contributed by atoms with van der Waals surface area (Å²) in [6.07, 6.45) is 0.764. The zero-order valence-corrected chi connectivity index (χ0v) is 13.4. The molecule has 1 heterocycles. The van der Waals surface area contributed by atoms with E-state index in [1.54, 1.807) is 0 Å². The Morgan fingerprint density at radius 3 is 2.75 bits per heavy atom. The third-order valence-corrected chi connectivity index (χ3v) is 3.77. The number of rotatable bonds is 7. The van der Waals surface area contributed by atoms with Gasteiger partial charge in [0, 0.05) is 12.0 Å². The molecule has 1 unspecified atom stereocenters. The summed E-state index contributed by atoms with van der Waals surface area (Å²) < 4.78 is 16.5. The Morgan fingerprint density at radius 2 is 1.88 bits per heavy atom. The lowest BCUT2D eigenvalue weighted by Gasteiger charge is -2.26. The Morgan fingerprint density at radius 1 is 1.08 bits per heavy atom. The summed E-state index contributed by atoms with van der Waals surface area (Å²) in [7, 11) is 0. The van der Waals surface area contributed by atoms with Gasteiger partial charge in [0.05, 0.1) is 19.3 Å². The van der Waals surface area contributed by atoms with Crippen LogP contribution in [-0.4, -0.2) is 32.3 Å². The number of para-hydroxylation sites is 2. The van der Waals surface area contributed by atoms with Crippen molar-refractivity contribution in [3.63, 3.8) is 0 Å². The number of nitrogens with one attached hydrogen (secondary N) is 1. The number of carbonyl (C=O) groups excluding carboxylic acids is 1. The summed E-state index contributed by atoms with van der Waals surface area (Å²) >= 11 is 0. The average molecular weight is 327 g/mol. The molecular weight excluding hydrogens is 306 g/mol. The van der Waals surface area contributed by atoms with Gasteiger partial charge in [0.1, 0.15) is 24.7 Å². The Kier molecular flexibility index (Phi) is 5.69. The van der Waals surface area contributed by atoms with Crippen molar-refractivity contribution >= 4 is 5.91 Å². The molecule has 24 heavy (non-hydrogen) atoms. The number of fused-ring (bicyclic) bond motifs is 1. The van der Waals surface area contributed by atoms with Gasteiger partial charge in [-0.15, -0.1) is 0 Å². The number of ether oxygens (including phenoxy) is 3. The van der Waals surface area contributed by atoms with Crippen molar-refractivity contribution in [2.24, 2.45) is 0 Å². The highest BCUT2D eigenvalue weighted by Gasteiger charge is 2.22. The second kappa shape index (κ2) is 8.36. The van der Waals surface area contributed by atoms with Crippen molar-refractivity contribution in [3.8, 4) is 11.5 Å². The van der Waals surface area contributed by atoms with Crippen LogP contribution in [0.1, 0.15) is 18.0 Å². The fourth-order valence-corrected chi connectivity index (χ4v) is 2.63. The van der Waals surface area contributed by atoms with Gasteiger partial charge in [-0.3, -0.25) is 4.79 Å². The lowest BCUT2D eigenvalue weighted by atomic mass is 10.0. The first-order valence-corrected chi connectivity index (χ1v) is 8.09. The molecule has 0 radical (unpaired) electrons. The van der Waals surface area contributed by atoms with Crippen LogP contribution in [0.25, 0.3) is 0 Å². The summed E-state index contributed by atoms with van der Waals surface area (Å²) in [5.41, 5.74) is 1.02. The van der Waals surface area contributed by atoms with Crippen LogP contribution in [0.2, 0.25) is 0 Å². The Hall–Kier alpha value is -2.53. The lowest BCUT2D eigenvalue weighted by Crippen LogP contribution is -2.34. The Bertz CT molecular complexity index is 659. The first-order valence-electron chi connectivity index (χ1n) is 8.09. The molecule has 2 aromatic carbocycles. The lowest BCUT2D eigenvalue weighted by molar-refractivity contribution is -0.126. The van der Waals surface area contributed by atoms with Crippen LogP contribution in [0.5, 0.6) is 11.5 Å². The molecule has 1 aliphatic rings. The molecular formula is C19H21NO4. The van der Waals surface area contributed by atoms with E-state index in [1.165, 1.54) is 0 Å². The number of hydrogen-bond donors (Lipinski definition) is 1. The van der Waals surface area contributed by atoms with Gasteiger partial charge in [-0.2, -0.15) is 0 Å². The average Bonchev–Trinajstić information content (AvgIpc) is 2.63. The van der Waals surface area contributed by atoms with Gasteiger partial charge in [-0.05, 0) is 18.2 Å². The van der Waals surface area contributed by atoms with Gasteiger partial charge in [-0.1, -0.05) is 36.4 Å². The van der Waals surface area contributed by atoms with Gasteiger partial charge in [0.2, 0.25) is 5.91 Å². The highest BCUT2D eigenvalue weighted by atomic mass is 16.5. The number of carbonyl (C=O) groups is 1. The first-order chi connectivity index (χ1) is 11.8. The zero-order chi connectivity index (χ0) is 16.6. The summed E-state index contributed by atoms with van der Waals surface area (Å²) in [4.78, 5) is 12.0. The van der Waals surface area contributed by atoms with Gasteiger partial charge < -0.3 is 19.5 Å². The van der Waals surface area contributed by atoms with E-state index in [2.05, 4.69) is 5.32 Å². The van der Waals surface area contributed by atoms with E-state index >= 15 is 0 Å². The number of hydrogen-bond acceptors (Lipinski definition) is 4. The minimum Gasteiger partial charge on any atom is -0.493 e. The maximum Gasteiger partial charge on any atom is 0.246 e. The second-order valence-corrected chi connectivity index (χ2v) is 5.51. The zero-order valence-electron chi connectivity index (χ0n) is 13.4. The minimum atomic E-state index is -0.128. The molecule has 0 bridgehead atoms. The van der Waals surface area contributed by atoms with Gasteiger partial charge >= 0.3 is 0 Å². The third kappa shape index (κ3) is 4.49. The van der Waals surface area contributed by atoms with E-state index < -0.39 is 0 Å². The van der Waals surface area contributed by atoms with E-state index in [9.17, 15) is 4.79 Å². The standard InChI is InChI=1S/C19H21NO4/c21-19(14-22-12-13-23-15-6-2-1-3-7-15)20-17-10-11-24-18-9-5-4-8-16(17)18/h1-9,17H,10-14H2,(H,20,21). The van der Waals surface area contributed by atoms with Crippen molar-refractivity contribution in [2.75, 3.05) is 26.4 Å².